The molecule has 2 nitrogen and oxygen atoms in total. The maximum atomic E-state index is 5.81. The number of hydrogen-bond donors (Lipinski definition) is 1. The molecule has 0 aromatic rings. The van der Waals surface area contributed by atoms with E-state index in [9.17, 15) is 0 Å². The predicted octanol–water partition coefficient (Wildman–Crippen LogP) is 2.38. The smallest absolute Gasteiger partial charge is 0.00983 e. The Balaban J connectivity index is 1.84. The maximum absolute atomic E-state index is 5.81. The highest BCUT2D eigenvalue weighted by atomic mass is 15.2. The van der Waals surface area contributed by atoms with Gasteiger partial charge in [-0.3, -0.25) is 0 Å². The Labute approximate surface area is 94.2 Å². The second-order valence-corrected chi connectivity index (χ2v) is 5.37. The molecular formula is C13H26N2. The molecule has 0 amide bonds. The SMILES string of the molecule is NCC1CCCC(N2CCCCCC2)C1. The quantitative estimate of drug-likeness (QED) is 0.758. The summed E-state index contributed by atoms with van der Waals surface area (Å²) in [5.74, 6) is 0.812. The highest BCUT2D eigenvalue weighted by molar-refractivity contribution is 4.81. The van der Waals surface area contributed by atoms with Crippen LogP contribution >= 0.6 is 0 Å². The summed E-state index contributed by atoms with van der Waals surface area (Å²) in [5.41, 5.74) is 5.81. The van der Waals surface area contributed by atoms with Crippen LogP contribution in [0.2, 0.25) is 0 Å². The molecule has 2 heteroatoms. The van der Waals surface area contributed by atoms with Crippen LogP contribution in [-0.4, -0.2) is 30.6 Å². The summed E-state index contributed by atoms with van der Waals surface area (Å²) < 4.78 is 0. The molecule has 0 radical (unpaired) electrons. The summed E-state index contributed by atoms with van der Waals surface area (Å²) in [6, 6.07) is 0.866. The first-order valence-electron chi connectivity index (χ1n) is 6.84. The summed E-state index contributed by atoms with van der Waals surface area (Å²) in [5, 5.41) is 0. The van der Waals surface area contributed by atoms with Gasteiger partial charge in [0.05, 0.1) is 0 Å². The molecule has 88 valence electrons. The Kier molecular flexibility index (Phi) is 4.45. The van der Waals surface area contributed by atoms with Crippen molar-refractivity contribution >= 4 is 0 Å². The zero-order valence-electron chi connectivity index (χ0n) is 9.96. The molecule has 0 bridgehead atoms. The van der Waals surface area contributed by atoms with E-state index in [1.165, 1.54) is 64.5 Å². The molecule has 2 N–H and O–H groups in total. The largest absolute Gasteiger partial charge is 0.330 e. The van der Waals surface area contributed by atoms with E-state index in [4.69, 9.17) is 5.73 Å². The summed E-state index contributed by atoms with van der Waals surface area (Å²) in [6.45, 7) is 3.61. The Morgan fingerprint density at radius 2 is 1.67 bits per heavy atom. The fraction of sp³-hybridized carbons (Fsp3) is 1.00. The summed E-state index contributed by atoms with van der Waals surface area (Å²) >= 11 is 0. The molecule has 0 aromatic heterocycles. The Morgan fingerprint density at radius 3 is 2.33 bits per heavy atom. The topological polar surface area (TPSA) is 29.3 Å². The lowest BCUT2D eigenvalue weighted by molar-refractivity contribution is 0.136. The van der Waals surface area contributed by atoms with E-state index in [0.717, 1.165) is 18.5 Å². The van der Waals surface area contributed by atoms with E-state index in [2.05, 4.69) is 4.90 Å². The molecule has 2 fully saturated rings. The summed E-state index contributed by atoms with van der Waals surface area (Å²) in [6.07, 6.45) is 11.3. The van der Waals surface area contributed by atoms with E-state index in [0.29, 0.717) is 0 Å². The van der Waals surface area contributed by atoms with Crippen LogP contribution in [0.5, 0.6) is 0 Å². The molecule has 0 spiro atoms. The second kappa shape index (κ2) is 5.86. The first-order valence-corrected chi connectivity index (χ1v) is 6.84. The molecule has 1 heterocycles. The lowest BCUT2D eigenvalue weighted by atomic mass is 9.85. The van der Waals surface area contributed by atoms with E-state index >= 15 is 0 Å². The minimum Gasteiger partial charge on any atom is -0.330 e. The minimum atomic E-state index is 0.812. The first-order chi connectivity index (χ1) is 7.40. The predicted molar refractivity (Wildman–Crippen MR) is 64.8 cm³/mol. The molecule has 2 atom stereocenters. The van der Waals surface area contributed by atoms with Crippen LogP contribution in [0.1, 0.15) is 51.4 Å². The van der Waals surface area contributed by atoms with Gasteiger partial charge in [0.15, 0.2) is 0 Å². The Bertz CT molecular complexity index is 173. The molecule has 15 heavy (non-hydrogen) atoms. The summed E-state index contributed by atoms with van der Waals surface area (Å²) in [4.78, 5) is 2.76. The Hall–Kier alpha value is -0.0800. The third-order valence-corrected chi connectivity index (χ3v) is 4.25. The minimum absolute atomic E-state index is 0.812. The molecular weight excluding hydrogens is 184 g/mol. The van der Waals surface area contributed by atoms with E-state index in [-0.39, 0.29) is 0 Å². The average molecular weight is 210 g/mol. The van der Waals surface area contributed by atoms with Gasteiger partial charge in [-0.1, -0.05) is 19.3 Å². The number of nitrogens with two attached hydrogens (primary N) is 1. The highest BCUT2D eigenvalue weighted by Crippen LogP contribution is 2.28. The lowest BCUT2D eigenvalue weighted by Crippen LogP contribution is -2.40. The van der Waals surface area contributed by atoms with Crippen LogP contribution in [0.3, 0.4) is 0 Å². The van der Waals surface area contributed by atoms with Gasteiger partial charge in [-0.25, -0.2) is 0 Å². The molecule has 1 saturated carbocycles. The van der Waals surface area contributed by atoms with Crippen LogP contribution in [0.25, 0.3) is 0 Å². The van der Waals surface area contributed by atoms with Crippen molar-refractivity contribution in [2.45, 2.75) is 57.4 Å². The van der Waals surface area contributed by atoms with Gasteiger partial charge in [-0.05, 0) is 57.7 Å². The van der Waals surface area contributed by atoms with Crippen molar-refractivity contribution < 1.29 is 0 Å². The van der Waals surface area contributed by atoms with E-state index in [1.807, 2.05) is 0 Å². The average Bonchev–Trinajstić information content (AvgIpc) is 2.58. The monoisotopic (exact) mass is 210 g/mol. The van der Waals surface area contributed by atoms with Crippen LogP contribution in [0.15, 0.2) is 0 Å². The third-order valence-electron chi connectivity index (χ3n) is 4.25. The number of nitrogens with zero attached hydrogens (tertiary/aromatic N) is 1. The molecule has 2 rings (SSSR count). The van der Waals surface area contributed by atoms with Gasteiger partial charge in [0, 0.05) is 6.04 Å². The number of likely N-dealkylation sites (tertiary alicyclic amines) is 1. The van der Waals surface area contributed by atoms with Crippen molar-refractivity contribution in [2.75, 3.05) is 19.6 Å². The molecule has 2 unspecified atom stereocenters. The van der Waals surface area contributed by atoms with Crippen molar-refractivity contribution in [1.29, 1.82) is 0 Å². The van der Waals surface area contributed by atoms with Crippen molar-refractivity contribution in [2.24, 2.45) is 11.7 Å². The lowest BCUT2D eigenvalue weighted by Gasteiger charge is -2.36. The van der Waals surface area contributed by atoms with E-state index in [1.54, 1.807) is 0 Å². The molecule has 2 aliphatic rings. The van der Waals surface area contributed by atoms with Gasteiger partial charge in [-0.2, -0.15) is 0 Å². The van der Waals surface area contributed by atoms with Gasteiger partial charge < -0.3 is 10.6 Å². The fourth-order valence-electron chi connectivity index (χ4n) is 3.27. The van der Waals surface area contributed by atoms with Crippen LogP contribution < -0.4 is 5.73 Å². The van der Waals surface area contributed by atoms with Gasteiger partial charge >= 0.3 is 0 Å². The Morgan fingerprint density at radius 1 is 0.933 bits per heavy atom. The van der Waals surface area contributed by atoms with Crippen molar-refractivity contribution in [3.05, 3.63) is 0 Å². The van der Waals surface area contributed by atoms with Crippen LogP contribution in [0, 0.1) is 5.92 Å². The van der Waals surface area contributed by atoms with Gasteiger partial charge in [-0.15, -0.1) is 0 Å². The zero-order chi connectivity index (χ0) is 10.5. The van der Waals surface area contributed by atoms with Crippen LogP contribution in [-0.2, 0) is 0 Å². The van der Waals surface area contributed by atoms with Gasteiger partial charge in [0.25, 0.3) is 0 Å². The van der Waals surface area contributed by atoms with Crippen molar-refractivity contribution in [3.63, 3.8) is 0 Å². The highest BCUT2D eigenvalue weighted by Gasteiger charge is 2.26. The molecule has 1 aliphatic heterocycles. The van der Waals surface area contributed by atoms with Gasteiger partial charge in [0.1, 0.15) is 0 Å². The third kappa shape index (κ3) is 3.18. The second-order valence-electron chi connectivity index (χ2n) is 5.37. The first kappa shape index (κ1) is 11.4. The van der Waals surface area contributed by atoms with E-state index < -0.39 is 0 Å². The number of rotatable bonds is 2. The van der Waals surface area contributed by atoms with Crippen molar-refractivity contribution in [1.82, 2.24) is 4.90 Å². The molecule has 1 aliphatic carbocycles. The molecule has 0 aromatic carbocycles. The fourth-order valence-corrected chi connectivity index (χ4v) is 3.27. The normalized spacial score (nSPS) is 35.0. The van der Waals surface area contributed by atoms with Crippen LogP contribution in [0.4, 0.5) is 0 Å². The summed E-state index contributed by atoms with van der Waals surface area (Å²) in [7, 11) is 0. The van der Waals surface area contributed by atoms with Gasteiger partial charge in [0.2, 0.25) is 0 Å². The molecule has 1 saturated heterocycles. The maximum Gasteiger partial charge on any atom is 0.00983 e. The zero-order valence-corrected chi connectivity index (χ0v) is 9.96. The van der Waals surface area contributed by atoms with Crippen molar-refractivity contribution in [3.8, 4) is 0 Å². The number of hydrogen-bond acceptors (Lipinski definition) is 2. The standard InChI is InChI=1S/C13H26N2/c14-11-12-6-5-7-13(10-12)15-8-3-1-2-4-9-15/h12-13H,1-11,14H2.